The van der Waals surface area contributed by atoms with Gasteiger partial charge in [0.15, 0.2) is 5.78 Å². The first-order valence-electron chi connectivity index (χ1n) is 5.97. The fourth-order valence-corrected chi connectivity index (χ4v) is 1.79. The molecule has 1 heterocycles. The number of hydrogen-bond donors (Lipinski definition) is 1. The Morgan fingerprint density at radius 3 is 2.60 bits per heavy atom. The summed E-state index contributed by atoms with van der Waals surface area (Å²) < 4.78 is 10.4. The van der Waals surface area contributed by atoms with E-state index in [0.29, 0.717) is 22.3 Å². The normalized spacial score (nSPS) is 10.5. The summed E-state index contributed by atoms with van der Waals surface area (Å²) in [6.07, 6.45) is 0. The topological polar surface area (TPSA) is 76.7 Å². The zero-order valence-corrected chi connectivity index (χ0v) is 11.2. The summed E-state index contributed by atoms with van der Waals surface area (Å²) in [5, 5.41) is 10.4. The summed E-state index contributed by atoms with van der Waals surface area (Å²) in [5.74, 6) is -0.302. The molecule has 0 spiro atoms. The Balaban J connectivity index is 2.36. The first-order valence-corrected chi connectivity index (χ1v) is 5.97. The SMILES string of the molecule is C=C(COC(C)=O)c1cc2cc(O)c(C(C)=O)cc2o1. The molecule has 0 radical (unpaired) electrons. The zero-order chi connectivity index (χ0) is 14.9. The minimum atomic E-state index is -0.404. The Labute approximate surface area is 115 Å². The number of furan rings is 1. The maximum Gasteiger partial charge on any atom is 0.302 e. The first-order chi connectivity index (χ1) is 9.38. The lowest BCUT2D eigenvalue weighted by molar-refractivity contribution is -0.139. The van der Waals surface area contributed by atoms with Crippen LogP contribution < -0.4 is 0 Å². The summed E-state index contributed by atoms with van der Waals surface area (Å²) >= 11 is 0. The van der Waals surface area contributed by atoms with Crippen LogP contribution in [-0.4, -0.2) is 23.5 Å². The van der Waals surface area contributed by atoms with Crippen LogP contribution in [0.1, 0.15) is 30.0 Å². The smallest absolute Gasteiger partial charge is 0.302 e. The van der Waals surface area contributed by atoms with Crippen LogP contribution in [0.5, 0.6) is 5.75 Å². The van der Waals surface area contributed by atoms with Crippen molar-refractivity contribution in [3.8, 4) is 5.75 Å². The molecule has 5 nitrogen and oxygen atoms in total. The highest BCUT2D eigenvalue weighted by atomic mass is 16.5. The van der Waals surface area contributed by atoms with Crippen LogP contribution in [-0.2, 0) is 9.53 Å². The van der Waals surface area contributed by atoms with Crippen molar-refractivity contribution in [2.24, 2.45) is 0 Å². The van der Waals surface area contributed by atoms with E-state index in [1.807, 2.05) is 0 Å². The third kappa shape index (κ3) is 2.71. The van der Waals surface area contributed by atoms with Gasteiger partial charge in [0.1, 0.15) is 23.7 Å². The number of ether oxygens (including phenoxy) is 1. The zero-order valence-electron chi connectivity index (χ0n) is 11.2. The highest BCUT2D eigenvalue weighted by molar-refractivity contribution is 6.00. The lowest BCUT2D eigenvalue weighted by Crippen LogP contribution is -2.01. The molecule has 0 saturated carbocycles. The molecule has 0 amide bonds. The Bertz CT molecular complexity index is 708. The quantitative estimate of drug-likeness (QED) is 0.685. The number of Topliss-reactive ketones (excluding diaryl/α,β-unsaturated/α-hetero) is 1. The fourth-order valence-electron chi connectivity index (χ4n) is 1.79. The molecule has 104 valence electrons. The maximum absolute atomic E-state index is 11.4. The molecular weight excluding hydrogens is 260 g/mol. The Morgan fingerprint density at radius 2 is 2.00 bits per heavy atom. The van der Waals surface area contributed by atoms with E-state index in [4.69, 9.17) is 9.15 Å². The molecule has 5 heteroatoms. The van der Waals surface area contributed by atoms with Crippen molar-refractivity contribution in [1.29, 1.82) is 0 Å². The van der Waals surface area contributed by atoms with Gasteiger partial charge in [-0.2, -0.15) is 0 Å². The summed E-state index contributed by atoms with van der Waals surface area (Å²) in [7, 11) is 0. The van der Waals surface area contributed by atoms with Gasteiger partial charge < -0.3 is 14.3 Å². The van der Waals surface area contributed by atoms with Crippen molar-refractivity contribution >= 4 is 28.3 Å². The molecule has 0 unspecified atom stereocenters. The average Bonchev–Trinajstić information content (AvgIpc) is 2.77. The number of phenolic OH excluding ortho intramolecular Hbond substituents is 1. The van der Waals surface area contributed by atoms with E-state index < -0.39 is 5.97 Å². The minimum absolute atomic E-state index is 0.0285. The number of fused-ring (bicyclic) bond motifs is 1. The average molecular weight is 274 g/mol. The molecule has 20 heavy (non-hydrogen) atoms. The van der Waals surface area contributed by atoms with Gasteiger partial charge >= 0.3 is 5.97 Å². The molecule has 1 N–H and O–H groups in total. The molecule has 0 bridgehead atoms. The van der Waals surface area contributed by atoms with Gasteiger partial charge in [-0.25, -0.2) is 0 Å². The maximum atomic E-state index is 11.4. The van der Waals surface area contributed by atoms with Crippen molar-refractivity contribution in [2.75, 3.05) is 6.61 Å². The van der Waals surface area contributed by atoms with Crippen LogP contribution in [0.3, 0.4) is 0 Å². The van der Waals surface area contributed by atoms with E-state index in [1.165, 1.54) is 26.0 Å². The molecule has 0 atom stereocenters. The molecule has 2 aromatic rings. The van der Waals surface area contributed by atoms with Crippen molar-refractivity contribution in [3.63, 3.8) is 0 Å². The monoisotopic (exact) mass is 274 g/mol. The predicted molar refractivity (Wildman–Crippen MR) is 73.6 cm³/mol. The highest BCUT2D eigenvalue weighted by Crippen LogP contribution is 2.30. The molecule has 0 aliphatic rings. The van der Waals surface area contributed by atoms with E-state index in [0.717, 1.165) is 0 Å². The van der Waals surface area contributed by atoms with Gasteiger partial charge in [-0.3, -0.25) is 9.59 Å². The number of carbonyl (C=O) groups is 2. The highest BCUT2D eigenvalue weighted by Gasteiger charge is 2.13. The summed E-state index contributed by atoms with van der Waals surface area (Å²) in [6, 6.07) is 4.61. The van der Waals surface area contributed by atoms with Gasteiger partial charge in [-0.1, -0.05) is 6.58 Å². The number of hydrogen-bond acceptors (Lipinski definition) is 5. The van der Waals surface area contributed by atoms with Gasteiger partial charge in [0.2, 0.25) is 0 Å². The molecule has 0 aliphatic carbocycles. The largest absolute Gasteiger partial charge is 0.507 e. The number of rotatable bonds is 4. The summed E-state index contributed by atoms with van der Waals surface area (Å²) in [4.78, 5) is 22.1. The van der Waals surface area contributed by atoms with E-state index in [2.05, 4.69) is 6.58 Å². The molecule has 1 aromatic carbocycles. The van der Waals surface area contributed by atoms with E-state index >= 15 is 0 Å². The van der Waals surface area contributed by atoms with E-state index in [9.17, 15) is 14.7 Å². The summed E-state index contributed by atoms with van der Waals surface area (Å²) in [5.41, 5.74) is 1.16. The number of esters is 1. The third-order valence-corrected chi connectivity index (χ3v) is 2.81. The third-order valence-electron chi connectivity index (χ3n) is 2.81. The van der Waals surface area contributed by atoms with Gasteiger partial charge in [0, 0.05) is 17.9 Å². The molecule has 1 aromatic heterocycles. The molecule has 0 saturated heterocycles. The van der Waals surface area contributed by atoms with Crippen LogP contribution in [0.25, 0.3) is 16.5 Å². The minimum Gasteiger partial charge on any atom is -0.507 e. The predicted octanol–water partition coefficient (Wildman–Crippen LogP) is 2.92. The number of aromatic hydroxyl groups is 1. The summed E-state index contributed by atoms with van der Waals surface area (Å²) in [6.45, 7) is 6.47. The van der Waals surface area contributed by atoms with Crippen LogP contribution in [0.2, 0.25) is 0 Å². The second kappa shape index (κ2) is 5.21. The Hall–Kier alpha value is -2.56. The first kappa shape index (κ1) is 13.9. The van der Waals surface area contributed by atoms with Gasteiger partial charge in [-0.05, 0) is 25.1 Å². The number of ketones is 1. The Morgan fingerprint density at radius 1 is 1.30 bits per heavy atom. The fraction of sp³-hybridized carbons (Fsp3) is 0.200. The number of carbonyl (C=O) groups excluding carboxylic acids is 2. The van der Waals surface area contributed by atoms with Crippen molar-refractivity contribution in [2.45, 2.75) is 13.8 Å². The van der Waals surface area contributed by atoms with Crippen LogP contribution in [0.15, 0.2) is 29.2 Å². The number of phenols is 1. The molecule has 0 aliphatic heterocycles. The van der Waals surface area contributed by atoms with Gasteiger partial charge in [-0.15, -0.1) is 0 Å². The van der Waals surface area contributed by atoms with E-state index in [-0.39, 0.29) is 23.7 Å². The second-order valence-electron chi connectivity index (χ2n) is 4.46. The lowest BCUT2D eigenvalue weighted by atomic mass is 10.1. The van der Waals surface area contributed by atoms with E-state index in [1.54, 1.807) is 6.07 Å². The van der Waals surface area contributed by atoms with Gasteiger partial charge in [0.05, 0.1) is 5.56 Å². The van der Waals surface area contributed by atoms with Crippen LogP contribution >= 0.6 is 0 Å². The van der Waals surface area contributed by atoms with Crippen molar-refractivity contribution in [1.82, 2.24) is 0 Å². The standard InChI is InChI=1S/C15H14O5/c1-8(7-19-10(3)17)14-5-11-4-13(18)12(9(2)16)6-15(11)20-14/h4-6,18H,1,7H2,2-3H3. The molecule has 0 fully saturated rings. The second-order valence-corrected chi connectivity index (χ2v) is 4.46. The molecular formula is C15H14O5. The Kier molecular flexibility index (Phi) is 3.61. The van der Waals surface area contributed by atoms with Crippen molar-refractivity contribution in [3.05, 3.63) is 36.1 Å². The number of benzene rings is 1. The lowest BCUT2D eigenvalue weighted by Gasteiger charge is -2.01. The van der Waals surface area contributed by atoms with Crippen LogP contribution in [0, 0.1) is 0 Å². The van der Waals surface area contributed by atoms with Crippen molar-refractivity contribution < 1.29 is 23.8 Å². The van der Waals surface area contributed by atoms with Gasteiger partial charge in [0.25, 0.3) is 0 Å². The molecule has 2 rings (SSSR count). The van der Waals surface area contributed by atoms with Crippen LogP contribution in [0.4, 0.5) is 0 Å².